The van der Waals surface area contributed by atoms with Crippen LogP contribution < -0.4 is 5.73 Å². The zero-order valence-corrected chi connectivity index (χ0v) is 14.1. The Morgan fingerprint density at radius 1 is 1.18 bits per heavy atom. The Morgan fingerprint density at radius 2 is 2.00 bits per heavy atom. The number of rotatable bonds is 2. The number of fused-ring (bicyclic) bond motifs is 3. The van der Waals surface area contributed by atoms with Gasteiger partial charge in [-0.05, 0) is 47.6 Å². The lowest BCUT2D eigenvalue weighted by Gasteiger charge is -2.21. The summed E-state index contributed by atoms with van der Waals surface area (Å²) >= 11 is 3.58. The number of nitrogens with two attached hydrogens (primary N) is 1. The topological polar surface area (TPSA) is 41.8 Å². The van der Waals surface area contributed by atoms with Crippen LogP contribution in [-0.2, 0) is 0 Å². The summed E-state index contributed by atoms with van der Waals surface area (Å²) in [6, 6.07) is 17.3. The first kappa shape index (κ1) is 14.0. The van der Waals surface area contributed by atoms with Gasteiger partial charge in [0.15, 0.2) is 0 Å². The van der Waals surface area contributed by atoms with Crippen molar-refractivity contribution in [3.05, 3.63) is 69.8 Å². The van der Waals surface area contributed by atoms with Gasteiger partial charge in [0.25, 0.3) is 0 Å². The molecule has 22 heavy (non-hydrogen) atoms. The molecule has 0 saturated heterocycles. The Hall–Kier alpha value is -1.58. The lowest BCUT2D eigenvalue weighted by atomic mass is 9.83. The van der Waals surface area contributed by atoms with E-state index in [1.807, 2.05) is 0 Å². The van der Waals surface area contributed by atoms with E-state index in [9.17, 15) is 0 Å². The average Bonchev–Trinajstić information content (AvgIpc) is 3.05. The summed E-state index contributed by atoms with van der Waals surface area (Å²) in [4.78, 5) is 3.54. The van der Waals surface area contributed by atoms with Crippen molar-refractivity contribution in [3.8, 4) is 0 Å². The number of H-pyrrole nitrogens is 1. The predicted molar refractivity (Wildman–Crippen MR) is 95.1 cm³/mol. The van der Waals surface area contributed by atoms with Crippen LogP contribution in [0.25, 0.3) is 10.9 Å². The molecule has 0 bridgehead atoms. The van der Waals surface area contributed by atoms with E-state index in [1.54, 1.807) is 0 Å². The third-order valence-corrected chi connectivity index (χ3v) is 5.50. The summed E-state index contributed by atoms with van der Waals surface area (Å²) in [6.07, 6.45) is 1.01. The van der Waals surface area contributed by atoms with E-state index in [4.69, 9.17) is 5.73 Å². The maximum Gasteiger partial charge on any atom is 0.0459 e. The minimum absolute atomic E-state index is 0.113. The van der Waals surface area contributed by atoms with Crippen LogP contribution >= 0.6 is 15.9 Å². The molecule has 1 heterocycles. The molecule has 1 unspecified atom stereocenters. The van der Waals surface area contributed by atoms with Gasteiger partial charge in [0.2, 0.25) is 0 Å². The molecular formula is C19H19BrN2. The summed E-state index contributed by atoms with van der Waals surface area (Å²) in [6.45, 7) is 2.32. The van der Waals surface area contributed by atoms with Crippen LogP contribution in [0.3, 0.4) is 0 Å². The third-order valence-electron chi connectivity index (χ3n) is 5.00. The minimum Gasteiger partial charge on any atom is -0.357 e. The quantitative estimate of drug-likeness (QED) is 0.650. The second-order valence-electron chi connectivity index (χ2n) is 6.29. The van der Waals surface area contributed by atoms with Crippen LogP contribution in [0.1, 0.15) is 48.0 Å². The van der Waals surface area contributed by atoms with Gasteiger partial charge in [-0.3, -0.25) is 0 Å². The van der Waals surface area contributed by atoms with Gasteiger partial charge in [-0.25, -0.2) is 0 Å². The molecule has 4 rings (SSSR count). The molecule has 0 amide bonds. The molecular weight excluding hydrogens is 336 g/mol. The van der Waals surface area contributed by atoms with Gasteiger partial charge in [-0.1, -0.05) is 53.2 Å². The van der Waals surface area contributed by atoms with Crippen LogP contribution in [0.4, 0.5) is 0 Å². The van der Waals surface area contributed by atoms with Crippen LogP contribution in [0.5, 0.6) is 0 Å². The smallest absolute Gasteiger partial charge is 0.0459 e. The molecule has 3 N–H and O–H groups in total. The van der Waals surface area contributed by atoms with Crippen LogP contribution in [-0.4, -0.2) is 4.98 Å². The second-order valence-corrected chi connectivity index (χ2v) is 7.21. The Bertz CT molecular complexity index is 836. The SMILES string of the molecule is C[C@@H](c1cccc(Br)c1)[C@H]1CC(N)c2[nH]c3ccccc3c21. The van der Waals surface area contributed by atoms with Crippen LogP contribution in [0.15, 0.2) is 53.0 Å². The zero-order valence-electron chi connectivity index (χ0n) is 12.5. The molecule has 3 aromatic rings. The number of halogens is 1. The number of para-hydroxylation sites is 1. The second kappa shape index (κ2) is 5.25. The van der Waals surface area contributed by atoms with Crippen molar-refractivity contribution < 1.29 is 0 Å². The summed E-state index contributed by atoms with van der Waals surface area (Å²) in [5.41, 5.74) is 11.6. The van der Waals surface area contributed by atoms with E-state index in [0.717, 1.165) is 10.9 Å². The summed E-state index contributed by atoms with van der Waals surface area (Å²) in [5.74, 6) is 0.916. The van der Waals surface area contributed by atoms with Crippen LogP contribution in [0, 0.1) is 0 Å². The molecule has 0 fully saturated rings. The number of aromatic amines is 1. The molecule has 112 valence electrons. The normalized spacial score (nSPS) is 22.0. The lowest BCUT2D eigenvalue weighted by Crippen LogP contribution is -2.09. The predicted octanol–water partition coefficient (Wildman–Crippen LogP) is 5.22. The summed E-state index contributed by atoms with van der Waals surface area (Å²) in [7, 11) is 0. The summed E-state index contributed by atoms with van der Waals surface area (Å²) < 4.78 is 1.14. The first-order valence-corrected chi connectivity index (χ1v) is 8.56. The fourth-order valence-corrected chi connectivity index (χ4v) is 4.28. The van der Waals surface area contributed by atoms with E-state index >= 15 is 0 Å². The molecule has 2 aromatic carbocycles. The van der Waals surface area contributed by atoms with E-state index in [2.05, 4.69) is 76.4 Å². The molecule has 0 spiro atoms. The highest BCUT2D eigenvalue weighted by atomic mass is 79.9. The largest absolute Gasteiger partial charge is 0.357 e. The lowest BCUT2D eigenvalue weighted by molar-refractivity contribution is 0.530. The molecule has 0 radical (unpaired) electrons. The monoisotopic (exact) mass is 354 g/mol. The van der Waals surface area contributed by atoms with E-state index in [1.165, 1.54) is 27.7 Å². The number of aromatic nitrogens is 1. The third kappa shape index (κ3) is 2.11. The van der Waals surface area contributed by atoms with Crippen molar-refractivity contribution >= 4 is 26.8 Å². The molecule has 1 aliphatic rings. The average molecular weight is 355 g/mol. The highest BCUT2D eigenvalue weighted by Crippen LogP contribution is 2.49. The van der Waals surface area contributed by atoms with Gasteiger partial charge >= 0.3 is 0 Å². The van der Waals surface area contributed by atoms with Gasteiger partial charge in [0.05, 0.1) is 0 Å². The Balaban J connectivity index is 1.82. The van der Waals surface area contributed by atoms with Gasteiger partial charge < -0.3 is 10.7 Å². The van der Waals surface area contributed by atoms with E-state index in [0.29, 0.717) is 11.8 Å². The van der Waals surface area contributed by atoms with E-state index in [-0.39, 0.29) is 6.04 Å². The fraction of sp³-hybridized carbons (Fsp3) is 0.263. The molecule has 1 aromatic heterocycles. The first-order chi connectivity index (χ1) is 10.6. The number of hydrogen-bond donors (Lipinski definition) is 2. The van der Waals surface area contributed by atoms with Gasteiger partial charge in [-0.2, -0.15) is 0 Å². The number of nitrogens with one attached hydrogen (secondary N) is 1. The zero-order chi connectivity index (χ0) is 15.3. The standard InChI is InChI=1S/C19H19BrN2/c1-11(12-5-4-6-13(20)9-12)15-10-16(21)19-18(15)14-7-2-3-8-17(14)22-19/h2-9,11,15-16,22H,10,21H2,1H3/t11-,15+,16?/m0/s1. The molecule has 2 nitrogen and oxygen atoms in total. The minimum atomic E-state index is 0.113. The van der Waals surface area contributed by atoms with Gasteiger partial charge in [-0.15, -0.1) is 0 Å². The Kier molecular flexibility index (Phi) is 3.35. The van der Waals surface area contributed by atoms with Crippen molar-refractivity contribution in [1.29, 1.82) is 0 Å². The highest BCUT2D eigenvalue weighted by molar-refractivity contribution is 9.10. The highest BCUT2D eigenvalue weighted by Gasteiger charge is 2.35. The van der Waals surface area contributed by atoms with Gasteiger partial charge in [0, 0.05) is 27.1 Å². The molecule has 0 aliphatic heterocycles. The van der Waals surface area contributed by atoms with Crippen molar-refractivity contribution in [1.82, 2.24) is 4.98 Å². The molecule has 0 saturated carbocycles. The maximum absolute atomic E-state index is 6.41. The number of hydrogen-bond acceptors (Lipinski definition) is 1. The van der Waals surface area contributed by atoms with E-state index < -0.39 is 0 Å². The van der Waals surface area contributed by atoms with Crippen molar-refractivity contribution in [2.24, 2.45) is 5.73 Å². The molecule has 3 heteroatoms. The van der Waals surface area contributed by atoms with Crippen molar-refractivity contribution in [3.63, 3.8) is 0 Å². The van der Waals surface area contributed by atoms with Crippen molar-refractivity contribution in [2.75, 3.05) is 0 Å². The fourth-order valence-electron chi connectivity index (χ4n) is 3.86. The maximum atomic E-state index is 6.41. The Labute approximate surface area is 138 Å². The number of benzene rings is 2. The summed E-state index contributed by atoms with van der Waals surface area (Å²) in [5, 5.41) is 1.33. The Morgan fingerprint density at radius 3 is 2.82 bits per heavy atom. The van der Waals surface area contributed by atoms with Crippen molar-refractivity contribution in [2.45, 2.75) is 31.2 Å². The van der Waals surface area contributed by atoms with Crippen LogP contribution in [0.2, 0.25) is 0 Å². The first-order valence-electron chi connectivity index (χ1n) is 7.76. The molecule has 3 atom stereocenters. The van der Waals surface area contributed by atoms with Gasteiger partial charge in [0.1, 0.15) is 0 Å². The molecule has 1 aliphatic carbocycles.